The smallest absolute Gasteiger partial charge is 0.164 e. The molecule has 0 atom stereocenters. The minimum atomic E-state index is 0.619. The Morgan fingerprint density at radius 2 is 0.736 bits per heavy atom. The highest BCUT2D eigenvalue weighted by Gasteiger charge is 2.15. The maximum atomic E-state index is 6.32. The van der Waals surface area contributed by atoms with Gasteiger partial charge in [-0.15, -0.1) is 0 Å². The van der Waals surface area contributed by atoms with Gasteiger partial charge in [0.2, 0.25) is 0 Å². The number of hydrogen-bond donors (Lipinski definition) is 0. The van der Waals surface area contributed by atoms with E-state index in [0.717, 1.165) is 77.2 Å². The van der Waals surface area contributed by atoms with Crippen LogP contribution in [0.1, 0.15) is 0 Å². The van der Waals surface area contributed by atoms with Crippen molar-refractivity contribution in [2.75, 3.05) is 0 Å². The van der Waals surface area contributed by atoms with Crippen LogP contribution >= 0.6 is 0 Å². The average Bonchev–Trinajstić information content (AvgIpc) is 3.63. The molecule has 0 spiro atoms. The SMILES string of the molecule is c1ccc(-c2ccc(-c3nc(-c4cccc(-c5ccccc5)c4)nc(-c4cccc(-c5ccc6c(ccc7c8ccccc8oc67)c5)c4)n3)cc2)cc1. The monoisotopic (exact) mass is 677 g/mol. The standard InChI is InChI=1S/C49H31N3O/c1-3-11-32(12-4-1)34-21-23-35(24-22-34)47-50-48(40-17-9-15-36(30-40)33-13-5-2-6-14-33)52-49(51-47)41-18-10-16-37(31-41)38-25-27-42-39(29-38)26-28-44-43-19-7-8-20-45(43)53-46(42)44/h1-31H. The number of benzene rings is 8. The van der Waals surface area contributed by atoms with Crippen LogP contribution in [-0.2, 0) is 0 Å². The maximum absolute atomic E-state index is 6.32. The Morgan fingerprint density at radius 1 is 0.283 bits per heavy atom. The Hall–Kier alpha value is -7.17. The van der Waals surface area contributed by atoms with Crippen molar-refractivity contribution in [2.24, 2.45) is 0 Å². The second-order valence-electron chi connectivity index (χ2n) is 13.3. The molecule has 0 saturated heterocycles. The summed E-state index contributed by atoms with van der Waals surface area (Å²) in [6, 6.07) is 65.2. The first-order valence-electron chi connectivity index (χ1n) is 17.8. The Bertz CT molecular complexity index is 2930. The van der Waals surface area contributed by atoms with Gasteiger partial charge in [-0.2, -0.15) is 0 Å². The topological polar surface area (TPSA) is 51.8 Å². The van der Waals surface area contributed by atoms with Crippen molar-refractivity contribution in [1.29, 1.82) is 0 Å². The van der Waals surface area contributed by atoms with E-state index in [1.54, 1.807) is 0 Å². The van der Waals surface area contributed by atoms with Crippen LogP contribution in [0, 0.1) is 0 Å². The third-order valence-electron chi connectivity index (χ3n) is 9.93. The zero-order valence-electron chi connectivity index (χ0n) is 28.6. The lowest BCUT2D eigenvalue weighted by Crippen LogP contribution is -2.00. The van der Waals surface area contributed by atoms with Gasteiger partial charge in [-0.25, -0.2) is 15.0 Å². The van der Waals surface area contributed by atoms with Crippen LogP contribution in [-0.4, -0.2) is 15.0 Å². The molecule has 0 fully saturated rings. The van der Waals surface area contributed by atoms with Crippen molar-refractivity contribution >= 4 is 32.7 Å². The summed E-state index contributed by atoms with van der Waals surface area (Å²) in [5.74, 6) is 1.87. The molecule has 10 aromatic rings. The first-order chi connectivity index (χ1) is 26.2. The van der Waals surface area contributed by atoms with Crippen LogP contribution in [0.25, 0.3) is 100 Å². The van der Waals surface area contributed by atoms with Crippen LogP contribution in [0.4, 0.5) is 0 Å². The van der Waals surface area contributed by atoms with E-state index in [9.17, 15) is 0 Å². The van der Waals surface area contributed by atoms with Crippen LogP contribution in [0.2, 0.25) is 0 Å². The number of furan rings is 1. The molecule has 0 aliphatic rings. The molecule has 4 heteroatoms. The zero-order valence-corrected chi connectivity index (χ0v) is 28.6. The third kappa shape index (κ3) is 5.73. The molecule has 0 aliphatic heterocycles. The van der Waals surface area contributed by atoms with E-state index in [4.69, 9.17) is 19.4 Å². The average molecular weight is 678 g/mol. The zero-order chi connectivity index (χ0) is 35.1. The van der Waals surface area contributed by atoms with Gasteiger partial charge in [0.05, 0.1) is 0 Å². The van der Waals surface area contributed by atoms with Gasteiger partial charge >= 0.3 is 0 Å². The Morgan fingerprint density at radius 3 is 1.42 bits per heavy atom. The van der Waals surface area contributed by atoms with E-state index in [1.165, 1.54) is 5.56 Å². The molecule has 0 radical (unpaired) electrons. The first kappa shape index (κ1) is 30.6. The summed E-state index contributed by atoms with van der Waals surface area (Å²) in [4.78, 5) is 15.3. The fraction of sp³-hybridized carbons (Fsp3) is 0. The number of fused-ring (bicyclic) bond motifs is 5. The van der Waals surface area contributed by atoms with Gasteiger partial charge in [0.15, 0.2) is 17.5 Å². The Kier molecular flexibility index (Phi) is 7.43. The van der Waals surface area contributed by atoms with Gasteiger partial charge in [-0.1, -0.05) is 152 Å². The minimum Gasteiger partial charge on any atom is -0.455 e. The molecule has 0 bridgehead atoms. The molecule has 0 amide bonds. The third-order valence-corrected chi connectivity index (χ3v) is 9.93. The molecule has 53 heavy (non-hydrogen) atoms. The highest BCUT2D eigenvalue weighted by atomic mass is 16.3. The first-order valence-corrected chi connectivity index (χ1v) is 17.8. The summed E-state index contributed by atoms with van der Waals surface area (Å²) in [5.41, 5.74) is 11.3. The van der Waals surface area contributed by atoms with Gasteiger partial charge in [0, 0.05) is 32.8 Å². The van der Waals surface area contributed by atoms with Gasteiger partial charge in [0.25, 0.3) is 0 Å². The van der Waals surface area contributed by atoms with E-state index in [2.05, 4.69) is 164 Å². The molecule has 2 heterocycles. The normalized spacial score (nSPS) is 11.4. The van der Waals surface area contributed by atoms with Gasteiger partial charge in [0.1, 0.15) is 11.2 Å². The largest absolute Gasteiger partial charge is 0.455 e. The van der Waals surface area contributed by atoms with Crippen molar-refractivity contribution in [3.8, 4) is 67.5 Å². The second kappa shape index (κ2) is 12.9. The minimum absolute atomic E-state index is 0.619. The van der Waals surface area contributed by atoms with Crippen molar-refractivity contribution in [3.63, 3.8) is 0 Å². The fourth-order valence-corrected chi connectivity index (χ4v) is 7.20. The van der Waals surface area contributed by atoms with E-state index in [1.807, 2.05) is 24.3 Å². The fourth-order valence-electron chi connectivity index (χ4n) is 7.20. The van der Waals surface area contributed by atoms with Crippen LogP contribution < -0.4 is 0 Å². The van der Waals surface area contributed by atoms with Crippen molar-refractivity contribution < 1.29 is 4.42 Å². The van der Waals surface area contributed by atoms with Crippen LogP contribution in [0.5, 0.6) is 0 Å². The molecule has 0 aliphatic carbocycles. The number of rotatable bonds is 6. The Labute approximate surface area is 306 Å². The van der Waals surface area contributed by atoms with Crippen molar-refractivity contribution in [2.45, 2.75) is 0 Å². The van der Waals surface area contributed by atoms with Crippen molar-refractivity contribution in [1.82, 2.24) is 15.0 Å². The molecule has 8 aromatic carbocycles. The van der Waals surface area contributed by atoms with Crippen molar-refractivity contribution in [3.05, 3.63) is 188 Å². The van der Waals surface area contributed by atoms with E-state index >= 15 is 0 Å². The predicted octanol–water partition coefficient (Wildman–Crippen LogP) is 12.9. The lowest BCUT2D eigenvalue weighted by molar-refractivity contribution is 0.672. The number of aromatic nitrogens is 3. The lowest BCUT2D eigenvalue weighted by Gasteiger charge is -2.11. The molecule has 248 valence electrons. The lowest BCUT2D eigenvalue weighted by atomic mass is 9.98. The summed E-state index contributed by atoms with van der Waals surface area (Å²) in [6.45, 7) is 0. The van der Waals surface area contributed by atoms with Crippen LogP contribution in [0.15, 0.2) is 192 Å². The quantitative estimate of drug-likeness (QED) is 0.176. The van der Waals surface area contributed by atoms with Gasteiger partial charge in [-0.05, 0) is 75.2 Å². The molecule has 2 aromatic heterocycles. The van der Waals surface area contributed by atoms with E-state index in [0.29, 0.717) is 17.5 Å². The van der Waals surface area contributed by atoms with E-state index < -0.39 is 0 Å². The predicted molar refractivity (Wildman–Crippen MR) is 217 cm³/mol. The van der Waals surface area contributed by atoms with Crippen LogP contribution in [0.3, 0.4) is 0 Å². The molecule has 0 unspecified atom stereocenters. The molecule has 10 rings (SSSR count). The summed E-state index contributed by atoms with van der Waals surface area (Å²) in [5, 5.41) is 4.49. The number of para-hydroxylation sites is 1. The number of hydrogen-bond acceptors (Lipinski definition) is 4. The highest BCUT2D eigenvalue weighted by Crippen LogP contribution is 2.36. The summed E-state index contributed by atoms with van der Waals surface area (Å²) >= 11 is 0. The Balaban J connectivity index is 1.07. The number of nitrogens with zero attached hydrogens (tertiary/aromatic N) is 3. The second-order valence-corrected chi connectivity index (χ2v) is 13.3. The molecular formula is C49H31N3O. The summed E-state index contributed by atoms with van der Waals surface area (Å²) in [6.07, 6.45) is 0. The summed E-state index contributed by atoms with van der Waals surface area (Å²) in [7, 11) is 0. The highest BCUT2D eigenvalue weighted by molar-refractivity contribution is 6.15. The molecule has 0 N–H and O–H groups in total. The molecule has 4 nitrogen and oxygen atoms in total. The maximum Gasteiger partial charge on any atom is 0.164 e. The molecule has 0 saturated carbocycles. The van der Waals surface area contributed by atoms with Gasteiger partial charge in [-0.3, -0.25) is 0 Å². The van der Waals surface area contributed by atoms with Gasteiger partial charge < -0.3 is 4.42 Å². The van der Waals surface area contributed by atoms with E-state index in [-0.39, 0.29) is 0 Å². The molecular weight excluding hydrogens is 647 g/mol. The summed E-state index contributed by atoms with van der Waals surface area (Å²) < 4.78 is 6.32.